The van der Waals surface area contributed by atoms with Crippen molar-refractivity contribution >= 4 is 17.2 Å². The van der Waals surface area contributed by atoms with Gasteiger partial charge < -0.3 is 10.1 Å². The molecule has 1 N–H and O–H groups in total. The van der Waals surface area contributed by atoms with E-state index in [1.165, 1.54) is 0 Å². The smallest absolute Gasteiger partial charge is 0.176 e. The third-order valence-corrected chi connectivity index (χ3v) is 4.54. The molecule has 5 heteroatoms. The fraction of sp³-hybridized carbons (Fsp3) is 0.316. The number of fused-ring (bicyclic) bond motifs is 1. The van der Waals surface area contributed by atoms with Crippen LogP contribution in [0.3, 0.4) is 0 Å². The van der Waals surface area contributed by atoms with E-state index in [9.17, 15) is 0 Å². The normalized spacial score (nSPS) is 18.9. The third kappa shape index (κ3) is 2.95. The zero-order chi connectivity index (χ0) is 16.2. The lowest BCUT2D eigenvalue weighted by Crippen LogP contribution is -2.51. The quantitative estimate of drug-likeness (QED) is 0.837. The first kappa shape index (κ1) is 15.0. The Morgan fingerprint density at radius 2 is 1.75 bits per heavy atom. The minimum absolute atomic E-state index is 0.271. The average molecular weight is 320 g/mol. The van der Waals surface area contributed by atoms with Crippen molar-refractivity contribution in [3.63, 3.8) is 0 Å². The van der Waals surface area contributed by atoms with Crippen LogP contribution in [0.25, 0.3) is 0 Å². The number of amidine groups is 1. The highest BCUT2D eigenvalue weighted by molar-refractivity contribution is 6.00. The highest BCUT2D eigenvalue weighted by Gasteiger charge is 2.41. The van der Waals surface area contributed by atoms with Crippen LogP contribution in [-0.2, 0) is 11.3 Å². The molecule has 0 atom stereocenters. The Labute approximate surface area is 141 Å². The maximum Gasteiger partial charge on any atom is 0.176 e. The summed E-state index contributed by atoms with van der Waals surface area (Å²) in [5.74, 6) is 0.764. The van der Waals surface area contributed by atoms with Crippen molar-refractivity contribution in [1.29, 1.82) is 0 Å². The molecule has 0 saturated carbocycles. The lowest BCUT2D eigenvalue weighted by molar-refractivity contribution is 0.0776. The number of hydrogen-bond donors (Lipinski definition) is 1. The topological polar surface area (TPSA) is 58.3 Å². The SMILES string of the molecule is c1ccc(CN=NC2=Nc3ccccc3NC23CCOCC3)cc1. The first-order valence-electron chi connectivity index (χ1n) is 8.31. The van der Waals surface area contributed by atoms with Crippen LogP contribution in [0.2, 0.25) is 0 Å². The van der Waals surface area contributed by atoms with Gasteiger partial charge in [-0.3, -0.25) is 0 Å². The van der Waals surface area contributed by atoms with E-state index in [2.05, 4.69) is 33.7 Å². The second kappa shape index (κ2) is 6.53. The maximum atomic E-state index is 5.54. The second-order valence-electron chi connectivity index (χ2n) is 6.16. The van der Waals surface area contributed by atoms with Crippen LogP contribution in [0.1, 0.15) is 18.4 Å². The van der Waals surface area contributed by atoms with Crippen LogP contribution < -0.4 is 5.32 Å². The molecule has 0 aliphatic carbocycles. The summed E-state index contributed by atoms with van der Waals surface area (Å²) in [7, 11) is 0. The van der Waals surface area contributed by atoms with E-state index >= 15 is 0 Å². The van der Waals surface area contributed by atoms with Crippen molar-refractivity contribution in [2.45, 2.75) is 24.9 Å². The highest BCUT2D eigenvalue weighted by atomic mass is 16.5. The number of azo groups is 1. The fourth-order valence-corrected chi connectivity index (χ4v) is 3.17. The first-order valence-corrected chi connectivity index (χ1v) is 8.31. The van der Waals surface area contributed by atoms with Crippen molar-refractivity contribution in [2.24, 2.45) is 15.2 Å². The molecule has 1 fully saturated rings. The molecule has 0 aromatic heterocycles. The van der Waals surface area contributed by atoms with E-state index in [0.717, 1.165) is 35.6 Å². The predicted molar refractivity (Wildman–Crippen MR) is 94.9 cm³/mol. The van der Waals surface area contributed by atoms with Gasteiger partial charge in [-0.1, -0.05) is 42.5 Å². The lowest BCUT2D eigenvalue weighted by Gasteiger charge is -2.40. The highest BCUT2D eigenvalue weighted by Crippen LogP contribution is 2.38. The van der Waals surface area contributed by atoms with Gasteiger partial charge in [0.2, 0.25) is 0 Å². The minimum Gasteiger partial charge on any atom is -0.381 e. The van der Waals surface area contributed by atoms with Gasteiger partial charge in [0.1, 0.15) is 5.54 Å². The van der Waals surface area contributed by atoms with E-state index in [4.69, 9.17) is 9.73 Å². The molecular weight excluding hydrogens is 300 g/mol. The van der Waals surface area contributed by atoms with Gasteiger partial charge in [-0.2, -0.15) is 5.11 Å². The largest absolute Gasteiger partial charge is 0.381 e. The summed E-state index contributed by atoms with van der Waals surface area (Å²) in [6.07, 6.45) is 1.70. The van der Waals surface area contributed by atoms with Crippen molar-refractivity contribution in [3.8, 4) is 0 Å². The molecule has 24 heavy (non-hydrogen) atoms. The summed E-state index contributed by atoms with van der Waals surface area (Å²) in [6.45, 7) is 1.98. The van der Waals surface area contributed by atoms with Gasteiger partial charge in [0.25, 0.3) is 0 Å². The molecule has 2 heterocycles. The Balaban J connectivity index is 1.63. The number of aliphatic imine (C=N–C) groups is 1. The summed E-state index contributed by atoms with van der Waals surface area (Å²) in [6, 6.07) is 18.2. The van der Waals surface area contributed by atoms with Crippen molar-refractivity contribution in [3.05, 3.63) is 60.2 Å². The molecule has 2 aliphatic rings. The van der Waals surface area contributed by atoms with Gasteiger partial charge in [0, 0.05) is 26.1 Å². The molecule has 1 spiro atoms. The first-order chi connectivity index (χ1) is 11.9. The summed E-state index contributed by atoms with van der Waals surface area (Å²) >= 11 is 0. The number of ether oxygens (including phenoxy) is 1. The summed E-state index contributed by atoms with van der Waals surface area (Å²) < 4.78 is 5.54. The molecule has 2 aromatic carbocycles. The molecular formula is C19H20N4O. The Bertz CT molecular complexity index is 764. The zero-order valence-corrected chi connectivity index (χ0v) is 13.5. The molecule has 122 valence electrons. The molecule has 4 rings (SSSR count). The van der Waals surface area contributed by atoms with E-state index in [0.29, 0.717) is 19.8 Å². The van der Waals surface area contributed by atoms with Crippen LogP contribution in [0, 0.1) is 0 Å². The van der Waals surface area contributed by atoms with E-state index in [1.807, 2.05) is 36.4 Å². The molecule has 0 unspecified atom stereocenters. The number of benzene rings is 2. The van der Waals surface area contributed by atoms with E-state index in [-0.39, 0.29) is 5.54 Å². The predicted octanol–water partition coefficient (Wildman–Crippen LogP) is 4.34. The molecule has 2 aromatic rings. The fourth-order valence-electron chi connectivity index (χ4n) is 3.17. The van der Waals surface area contributed by atoms with Gasteiger partial charge in [-0.15, -0.1) is 5.11 Å². The Morgan fingerprint density at radius 1 is 1.00 bits per heavy atom. The van der Waals surface area contributed by atoms with Gasteiger partial charge in [-0.25, -0.2) is 4.99 Å². The Kier molecular flexibility index (Phi) is 4.09. The van der Waals surface area contributed by atoms with Crippen LogP contribution in [0.15, 0.2) is 69.8 Å². The molecule has 2 aliphatic heterocycles. The monoisotopic (exact) mass is 320 g/mol. The lowest BCUT2D eigenvalue weighted by atomic mass is 9.87. The Morgan fingerprint density at radius 3 is 2.58 bits per heavy atom. The minimum atomic E-state index is -0.271. The van der Waals surface area contributed by atoms with Crippen LogP contribution >= 0.6 is 0 Å². The second-order valence-corrected chi connectivity index (χ2v) is 6.16. The van der Waals surface area contributed by atoms with Crippen LogP contribution in [0.4, 0.5) is 11.4 Å². The summed E-state index contributed by atoms with van der Waals surface area (Å²) in [4.78, 5) is 4.79. The molecule has 0 bridgehead atoms. The third-order valence-electron chi connectivity index (χ3n) is 4.54. The number of nitrogens with one attached hydrogen (secondary N) is 1. The molecule has 0 amide bonds. The molecule has 0 radical (unpaired) electrons. The van der Waals surface area contributed by atoms with Gasteiger partial charge in [-0.05, 0) is 17.7 Å². The van der Waals surface area contributed by atoms with Crippen molar-refractivity contribution < 1.29 is 4.74 Å². The van der Waals surface area contributed by atoms with Crippen LogP contribution in [-0.4, -0.2) is 24.6 Å². The maximum absolute atomic E-state index is 5.54. The standard InChI is InChI=1S/C19H20N4O/c1-2-6-15(7-3-1)14-20-23-18-19(10-12-24-13-11-19)22-17-9-5-4-8-16(17)21-18/h1-9,22H,10-14H2. The number of rotatable bonds is 2. The summed E-state index contributed by atoms with van der Waals surface area (Å²) in [5.41, 5.74) is 2.85. The van der Waals surface area contributed by atoms with E-state index in [1.54, 1.807) is 0 Å². The van der Waals surface area contributed by atoms with E-state index < -0.39 is 0 Å². The average Bonchev–Trinajstić information content (AvgIpc) is 2.64. The zero-order valence-electron chi connectivity index (χ0n) is 13.5. The van der Waals surface area contributed by atoms with Crippen molar-refractivity contribution in [2.75, 3.05) is 18.5 Å². The number of anilines is 1. The van der Waals surface area contributed by atoms with Gasteiger partial charge >= 0.3 is 0 Å². The van der Waals surface area contributed by atoms with Gasteiger partial charge in [0.05, 0.1) is 17.9 Å². The number of hydrogen-bond acceptors (Lipinski definition) is 5. The molecule has 5 nitrogen and oxygen atoms in total. The summed E-state index contributed by atoms with van der Waals surface area (Å²) in [5, 5.41) is 12.6. The van der Waals surface area contributed by atoms with Gasteiger partial charge in [0.15, 0.2) is 5.84 Å². The van der Waals surface area contributed by atoms with Crippen LogP contribution in [0.5, 0.6) is 0 Å². The molecule has 1 saturated heterocycles. The number of para-hydroxylation sites is 2. The van der Waals surface area contributed by atoms with Crippen molar-refractivity contribution in [1.82, 2.24) is 0 Å². The Hall–Kier alpha value is -2.53. The number of nitrogens with zero attached hydrogens (tertiary/aromatic N) is 3.